The second-order valence-corrected chi connectivity index (χ2v) is 13.2. The Bertz CT molecular complexity index is 2200. The van der Waals surface area contributed by atoms with Crippen LogP contribution in [0.1, 0.15) is 52.7 Å². The third kappa shape index (κ3) is 5.48. The molecule has 0 spiro atoms. The molecule has 7 aromatic rings. The fourth-order valence-electron chi connectivity index (χ4n) is 5.56. The topological polar surface area (TPSA) is 90.9 Å². The van der Waals surface area contributed by atoms with E-state index in [1.807, 2.05) is 66.9 Å². The van der Waals surface area contributed by atoms with Gasteiger partial charge in [-0.3, -0.25) is 4.57 Å². The van der Waals surface area contributed by atoms with Gasteiger partial charge in [-0.15, -0.1) is 0 Å². The molecule has 7 rings (SSSR count). The smallest absolute Gasteiger partial charge is 0.300 e. The first-order valence-electron chi connectivity index (χ1n) is 14.7. The summed E-state index contributed by atoms with van der Waals surface area (Å²) in [6.45, 7) is 13.0. The number of aromatic nitrogens is 6. The van der Waals surface area contributed by atoms with Crippen LogP contribution in [0.2, 0.25) is 0 Å². The van der Waals surface area contributed by atoms with Gasteiger partial charge in [0.2, 0.25) is 11.8 Å². The standard InChI is InChI=1S/C36H34N6O2.Pt/c1-35(2,3)22-17-18-37-29(19-22)41-27-13-9-7-11-24(27)25-15-16-31(40-33(25)41)44-32-21-23(36(4,5)6)20-30(39-32)42-28-14-10-8-12-26(28)38-34(42)43;/h7-21H,1-6H3,(H,38,43);. The van der Waals surface area contributed by atoms with Crippen molar-refractivity contribution in [3.8, 4) is 29.4 Å². The molecular formula is C36H34N6O2Pt. The summed E-state index contributed by atoms with van der Waals surface area (Å²) in [5.74, 6) is 2.08. The predicted octanol–water partition coefficient (Wildman–Crippen LogP) is 8.40. The van der Waals surface area contributed by atoms with Crippen molar-refractivity contribution < 1.29 is 30.9 Å². The summed E-state index contributed by atoms with van der Waals surface area (Å²) in [7, 11) is 0. The largest absolute Gasteiger partial charge is 0.480 e. The molecule has 0 unspecified atom stereocenters. The number of fused-ring (bicyclic) bond motifs is 4. The minimum absolute atomic E-state index is 0. The maximum atomic E-state index is 10.8. The van der Waals surface area contributed by atoms with Gasteiger partial charge in [-0.2, -0.15) is 15.0 Å². The number of benzene rings is 2. The quantitative estimate of drug-likeness (QED) is 0.193. The van der Waals surface area contributed by atoms with Crippen molar-refractivity contribution in [1.29, 1.82) is 0 Å². The summed E-state index contributed by atoms with van der Waals surface area (Å²) >= 11 is 0. The van der Waals surface area contributed by atoms with Crippen molar-refractivity contribution >= 4 is 33.0 Å². The number of imidazole rings is 1. The fraction of sp³-hybridized carbons (Fsp3) is 0.222. The molecule has 0 saturated carbocycles. The Labute approximate surface area is 276 Å². The maximum Gasteiger partial charge on any atom is 0.300 e. The molecule has 5 aromatic heterocycles. The van der Waals surface area contributed by atoms with Gasteiger partial charge in [0.15, 0.2) is 5.65 Å². The molecule has 0 bridgehead atoms. The van der Waals surface area contributed by atoms with E-state index < -0.39 is 0 Å². The molecule has 0 radical (unpaired) electrons. The molecule has 8 nitrogen and oxygen atoms in total. The number of hydrogen-bond acceptors (Lipinski definition) is 6. The van der Waals surface area contributed by atoms with E-state index in [4.69, 9.17) is 19.7 Å². The Hall–Kier alpha value is -4.55. The summed E-state index contributed by atoms with van der Waals surface area (Å²) in [6.07, 6.45) is 1.86. The zero-order valence-electron chi connectivity index (χ0n) is 26.0. The van der Waals surface area contributed by atoms with Gasteiger partial charge in [-0.1, -0.05) is 71.9 Å². The van der Waals surface area contributed by atoms with Crippen LogP contribution in [-0.2, 0) is 31.9 Å². The summed E-state index contributed by atoms with van der Waals surface area (Å²) in [6, 6.07) is 27.7. The zero-order valence-corrected chi connectivity index (χ0v) is 28.3. The van der Waals surface area contributed by atoms with E-state index in [2.05, 4.69) is 75.4 Å². The molecule has 0 amide bonds. The van der Waals surface area contributed by atoms with Crippen molar-refractivity contribution in [3.05, 3.63) is 102 Å². The SMILES string of the molecule is CC(C)(C)c1cc(Oc2ccc3c4ccccc4n(-c4cc(C(C)(C)C)ccn4)c3n2)nc(-n2c(O)nc3ccccc32)c1.[Pt]. The molecule has 2 aromatic carbocycles. The molecule has 0 fully saturated rings. The summed E-state index contributed by atoms with van der Waals surface area (Å²) in [5, 5.41) is 12.9. The van der Waals surface area contributed by atoms with Crippen molar-refractivity contribution in [3.63, 3.8) is 0 Å². The number of ether oxygens (including phenoxy) is 1. The van der Waals surface area contributed by atoms with Crippen LogP contribution < -0.4 is 4.74 Å². The van der Waals surface area contributed by atoms with Crippen LogP contribution in [0.3, 0.4) is 0 Å². The molecule has 0 aliphatic rings. The van der Waals surface area contributed by atoms with Crippen molar-refractivity contribution in [2.75, 3.05) is 0 Å². The van der Waals surface area contributed by atoms with E-state index in [0.717, 1.165) is 38.8 Å². The first kappa shape index (κ1) is 30.5. The van der Waals surface area contributed by atoms with Crippen LogP contribution in [0.25, 0.3) is 44.6 Å². The Kier molecular flexibility index (Phi) is 7.52. The normalized spacial score (nSPS) is 12.1. The summed E-state index contributed by atoms with van der Waals surface area (Å²) < 4.78 is 10.1. The number of pyridine rings is 3. The summed E-state index contributed by atoms with van der Waals surface area (Å²) in [5.41, 5.74) is 5.13. The molecule has 45 heavy (non-hydrogen) atoms. The van der Waals surface area contributed by atoms with Gasteiger partial charge in [0.05, 0.1) is 16.6 Å². The van der Waals surface area contributed by atoms with E-state index in [9.17, 15) is 5.11 Å². The van der Waals surface area contributed by atoms with Crippen LogP contribution in [0.5, 0.6) is 17.8 Å². The zero-order chi connectivity index (χ0) is 30.8. The van der Waals surface area contributed by atoms with E-state index in [1.165, 1.54) is 5.56 Å². The molecule has 230 valence electrons. The molecule has 1 N–H and O–H groups in total. The summed E-state index contributed by atoms with van der Waals surface area (Å²) in [4.78, 5) is 18.9. The van der Waals surface area contributed by atoms with Gasteiger partial charge in [0.25, 0.3) is 0 Å². The monoisotopic (exact) mass is 777 g/mol. The number of hydrogen-bond donors (Lipinski definition) is 1. The van der Waals surface area contributed by atoms with Gasteiger partial charge in [0.1, 0.15) is 11.6 Å². The molecule has 5 heterocycles. The van der Waals surface area contributed by atoms with Gasteiger partial charge < -0.3 is 9.84 Å². The van der Waals surface area contributed by atoms with E-state index in [1.54, 1.807) is 4.57 Å². The van der Waals surface area contributed by atoms with Crippen molar-refractivity contribution in [1.82, 2.24) is 29.1 Å². The van der Waals surface area contributed by atoms with Crippen LogP contribution >= 0.6 is 0 Å². The van der Waals surface area contributed by atoms with Gasteiger partial charge >= 0.3 is 6.01 Å². The van der Waals surface area contributed by atoms with Crippen LogP contribution in [0.15, 0.2) is 91.1 Å². The predicted molar refractivity (Wildman–Crippen MR) is 174 cm³/mol. The Morgan fingerprint density at radius 1 is 0.622 bits per heavy atom. The first-order valence-corrected chi connectivity index (χ1v) is 14.7. The minimum Gasteiger partial charge on any atom is -0.480 e. The number of nitrogens with zero attached hydrogens (tertiary/aromatic N) is 6. The third-order valence-electron chi connectivity index (χ3n) is 7.97. The van der Waals surface area contributed by atoms with E-state index in [0.29, 0.717) is 23.1 Å². The van der Waals surface area contributed by atoms with E-state index >= 15 is 0 Å². The Morgan fingerprint density at radius 3 is 2.07 bits per heavy atom. The molecule has 0 aliphatic carbocycles. The molecule has 0 atom stereocenters. The van der Waals surface area contributed by atoms with Gasteiger partial charge in [-0.25, -0.2) is 9.55 Å². The average molecular weight is 778 g/mol. The minimum atomic E-state index is -0.213. The fourth-order valence-corrected chi connectivity index (χ4v) is 5.56. The first-order chi connectivity index (χ1) is 21.0. The van der Waals surface area contributed by atoms with Crippen LogP contribution in [-0.4, -0.2) is 34.2 Å². The second kappa shape index (κ2) is 11.1. The molecule has 9 heteroatoms. The average Bonchev–Trinajstić information content (AvgIpc) is 3.49. The van der Waals surface area contributed by atoms with Crippen LogP contribution in [0.4, 0.5) is 0 Å². The van der Waals surface area contributed by atoms with Crippen molar-refractivity contribution in [2.45, 2.75) is 52.4 Å². The van der Waals surface area contributed by atoms with Crippen LogP contribution in [0, 0.1) is 0 Å². The van der Waals surface area contributed by atoms with Crippen molar-refractivity contribution in [2.24, 2.45) is 0 Å². The molecular weight excluding hydrogens is 744 g/mol. The second-order valence-electron chi connectivity index (χ2n) is 13.2. The number of rotatable bonds is 4. The maximum absolute atomic E-state index is 10.8. The van der Waals surface area contributed by atoms with E-state index in [-0.39, 0.29) is 37.9 Å². The van der Waals surface area contributed by atoms with Gasteiger partial charge in [0, 0.05) is 50.2 Å². The Morgan fingerprint density at radius 2 is 1.31 bits per heavy atom. The molecule has 0 aliphatic heterocycles. The Balaban J connectivity index is 0.00000357. The third-order valence-corrected chi connectivity index (χ3v) is 7.97. The van der Waals surface area contributed by atoms with Gasteiger partial charge in [-0.05, 0) is 64.4 Å². The number of para-hydroxylation sites is 3. The number of aromatic hydroxyl groups is 1. The molecule has 0 saturated heterocycles.